The van der Waals surface area contributed by atoms with Crippen molar-refractivity contribution in [2.75, 3.05) is 87.7 Å². The van der Waals surface area contributed by atoms with Crippen molar-refractivity contribution in [3.05, 3.63) is 174 Å². The van der Waals surface area contributed by atoms with Crippen LogP contribution in [0.15, 0.2) is 134 Å². The van der Waals surface area contributed by atoms with Gasteiger partial charge in [0.1, 0.15) is 34.9 Å². The maximum absolute atomic E-state index is 15.4. The summed E-state index contributed by atoms with van der Waals surface area (Å²) in [5, 5.41) is 4.02. The first kappa shape index (κ1) is 55.2. The number of nitrogen functional groups attached to an aromatic ring is 1. The monoisotopic (exact) mass is 1120 g/mol. The number of aromatic nitrogens is 8. The first-order valence-electron chi connectivity index (χ1n) is 25.6. The van der Waals surface area contributed by atoms with E-state index in [0.717, 1.165) is 78.4 Å². The molecule has 10 heterocycles. The molecule has 0 unspecified atom stereocenters. The van der Waals surface area contributed by atoms with Gasteiger partial charge in [0.25, 0.3) is 0 Å². The molecule has 10 aromatic rings. The van der Waals surface area contributed by atoms with Gasteiger partial charge in [-0.05, 0) is 55.8 Å². The molecule has 12 rings (SSSR count). The highest BCUT2D eigenvalue weighted by Gasteiger charge is 2.23. The van der Waals surface area contributed by atoms with Crippen LogP contribution in [0.1, 0.15) is 11.1 Å². The Balaban J connectivity index is 0.000000151. The summed E-state index contributed by atoms with van der Waals surface area (Å²) in [4.78, 5) is 39.7. The first-order chi connectivity index (χ1) is 39.4. The number of benzene rings is 2. The summed E-state index contributed by atoms with van der Waals surface area (Å²) in [6.45, 7) is 9.33. The third-order valence-electron chi connectivity index (χ3n) is 13.5. The van der Waals surface area contributed by atoms with Gasteiger partial charge in [0.05, 0.1) is 102 Å². The minimum absolute atomic E-state index is 0.130. The largest absolute Gasteiger partial charge is 0.481 e. The van der Waals surface area contributed by atoms with E-state index in [2.05, 4.69) is 50.0 Å². The lowest BCUT2D eigenvalue weighted by Crippen LogP contribution is -2.36. The van der Waals surface area contributed by atoms with Crippen LogP contribution in [0.2, 0.25) is 5.02 Å². The molecular formula is C60H53ClF4N12O4. The molecule has 0 saturated carbocycles. The molecular weight excluding hydrogens is 1060 g/mol. The second kappa shape index (κ2) is 24.9. The number of pyridine rings is 8. The number of hydrogen-bond donors (Lipinski definition) is 2. The average Bonchev–Trinajstić information content (AvgIpc) is 3.50. The van der Waals surface area contributed by atoms with Crippen LogP contribution < -0.4 is 30.3 Å². The van der Waals surface area contributed by atoms with Crippen LogP contribution in [0.4, 0.5) is 46.3 Å². The van der Waals surface area contributed by atoms with Crippen molar-refractivity contribution in [2.45, 2.75) is 13.8 Å². The first-order valence-corrected chi connectivity index (χ1v) is 26.0. The fourth-order valence-corrected chi connectivity index (χ4v) is 9.57. The van der Waals surface area contributed by atoms with E-state index < -0.39 is 23.3 Å². The zero-order valence-corrected chi connectivity index (χ0v) is 45.2. The van der Waals surface area contributed by atoms with E-state index in [1.807, 2.05) is 55.5 Å². The number of morpholine rings is 2. The van der Waals surface area contributed by atoms with E-state index >= 15 is 4.39 Å². The lowest BCUT2D eigenvalue weighted by molar-refractivity contribution is 0.122. The van der Waals surface area contributed by atoms with Gasteiger partial charge < -0.3 is 39.8 Å². The smallest absolute Gasteiger partial charge is 0.212 e. The van der Waals surface area contributed by atoms with Crippen LogP contribution in [0.3, 0.4) is 0 Å². The van der Waals surface area contributed by atoms with Crippen molar-refractivity contribution in [1.82, 2.24) is 39.9 Å². The third-order valence-corrected chi connectivity index (χ3v) is 14.0. The van der Waals surface area contributed by atoms with Crippen LogP contribution in [0.25, 0.3) is 66.8 Å². The maximum atomic E-state index is 15.4. The number of hydrogen-bond acceptors (Lipinski definition) is 16. The van der Waals surface area contributed by atoms with Gasteiger partial charge in [-0.2, -0.15) is 0 Å². The SMILES string of the molecule is COc1ccc(-c2cnc(N3CCOCC3)cc2N)cn1.COc1ccc(-c2cnc(N3CCOCC3)cc2Nc2c(C)c(-c3ccccn3)nc3cc(F)cc(F)c23)cn1.Cc1c(-c2ccccn2)nc2cc(F)cc(F)c2c1Cl. The molecule has 412 valence electrons. The van der Waals surface area contributed by atoms with Crippen molar-refractivity contribution < 1.29 is 36.5 Å². The lowest BCUT2D eigenvalue weighted by atomic mass is 10.0. The molecule has 81 heavy (non-hydrogen) atoms. The fraction of sp³-hybridized carbons (Fsp3) is 0.200. The standard InChI is InChI=1S/C30H26F2N6O2.C15H9ClF2N2.C15H18N4O2/c1-18-29(23-5-3-4-8-33-23)37-25-14-20(31)13-22(32)28(25)30(18)36-24-15-26(38-9-11-40-12-10-38)34-17-21(24)19-6-7-27(39-2)35-16-19;1-8-14(16)13-10(18)6-9(17)7-12(13)20-15(8)11-4-2-3-5-19-11;1-20-15-3-2-11(9-18-15)12-10-17-14(8-13(12)16)19-4-6-21-7-5-19/h3-8,13-17H,9-12H2,1-2H3,(H,34,36,37);2-7H,1H3;2-3,8-10H,4-7H2,1H3,(H2,16,17). The number of nitrogens with zero attached hydrogens (tertiary/aromatic N) is 10. The summed E-state index contributed by atoms with van der Waals surface area (Å²) in [5.74, 6) is -0.114. The maximum Gasteiger partial charge on any atom is 0.212 e. The summed E-state index contributed by atoms with van der Waals surface area (Å²) in [6.07, 6.45) is 10.3. The summed E-state index contributed by atoms with van der Waals surface area (Å²) >= 11 is 6.21. The van der Waals surface area contributed by atoms with Crippen LogP contribution in [0.5, 0.6) is 11.8 Å². The average molecular weight is 1120 g/mol. The third kappa shape index (κ3) is 12.4. The Kier molecular flexibility index (Phi) is 17.0. The molecule has 16 nitrogen and oxygen atoms in total. The molecule has 3 N–H and O–H groups in total. The molecule has 0 atom stereocenters. The summed E-state index contributed by atoms with van der Waals surface area (Å²) in [5.41, 5.74) is 15.2. The van der Waals surface area contributed by atoms with Crippen molar-refractivity contribution >= 4 is 62.1 Å². The highest BCUT2D eigenvalue weighted by Crippen LogP contribution is 2.41. The number of nitrogens with two attached hydrogens (primary N) is 1. The number of anilines is 5. The van der Waals surface area contributed by atoms with Gasteiger partial charge in [0.2, 0.25) is 11.8 Å². The van der Waals surface area contributed by atoms with E-state index in [-0.39, 0.29) is 26.8 Å². The second-order valence-electron chi connectivity index (χ2n) is 18.6. The van der Waals surface area contributed by atoms with E-state index in [9.17, 15) is 13.2 Å². The van der Waals surface area contributed by atoms with Crippen molar-refractivity contribution in [3.63, 3.8) is 0 Å². The quantitative estimate of drug-likeness (QED) is 0.123. The topological polar surface area (TPSA) is 185 Å². The zero-order valence-electron chi connectivity index (χ0n) is 44.4. The van der Waals surface area contributed by atoms with Crippen molar-refractivity contribution in [2.24, 2.45) is 0 Å². The second-order valence-corrected chi connectivity index (χ2v) is 19.0. The van der Waals surface area contributed by atoms with Gasteiger partial charge >= 0.3 is 0 Å². The number of rotatable bonds is 10. The Morgan fingerprint density at radius 2 is 1.05 bits per heavy atom. The van der Waals surface area contributed by atoms with E-state index in [0.29, 0.717) is 89.0 Å². The normalized spacial score (nSPS) is 13.2. The lowest BCUT2D eigenvalue weighted by Gasteiger charge is -2.28. The van der Waals surface area contributed by atoms with Gasteiger partial charge in [-0.15, -0.1) is 0 Å². The molecule has 0 radical (unpaired) electrons. The Morgan fingerprint density at radius 3 is 1.54 bits per heavy atom. The van der Waals surface area contributed by atoms with Crippen LogP contribution in [0, 0.1) is 37.1 Å². The Morgan fingerprint density at radius 1 is 0.556 bits per heavy atom. The molecule has 8 aromatic heterocycles. The number of ether oxygens (including phenoxy) is 4. The molecule has 0 spiro atoms. The molecule has 2 aromatic carbocycles. The molecule has 0 bridgehead atoms. The number of methoxy groups -OCH3 is 2. The molecule has 0 aliphatic carbocycles. The van der Waals surface area contributed by atoms with Gasteiger partial charge in [-0.3, -0.25) is 9.97 Å². The predicted molar refractivity (Wildman–Crippen MR) is 306 cm³/mol. The van der Waals surface area contributed by atoms with E-state index in [1.165, 1.54) is 6.07 Å². The Bertz CT molecular complexity index is 3850. The van der Waals surface area contributed by atoms with E-state index in [1.54, 1.807) is 82.6 Å². The van der Waals surface area contributed by atoms with Crippen LogP contribution >= 0.6 is 11.6 Å². The van der Waals surface area contributed by atoms with Crippen LogP contribution in [-0.2, 0) is 9.47 Å². The number of halogens is 5. The van der Waals surface area contributed by atoms with Crippen molar-refractivity contribution in [3.8, 4) is 56.8 Å². The minimum atomic E-state index is -0.715. The van der Waals surface area contributed by atoms with Crippen LogP contribution in [-0.4, -0.2) is 107 Å². The molecule has 2 fully saturated rings. The van der Waals surface area contributed by atoms with Crippen molar-refractivity contribution in [1.29, 1.82) is 0 Å². The predicted octanol–water partition coefficient (Wildman–Crippen LogP) is 12.0. The molecule has 0 amide bonds. The van der Waals surface area contributed by atoms with E-state index in [4.69, 9.17) is 41.3 Å². The van der Waals surface area contributed by atoms with Gasteiger partial charge in [0.15, 0.2) is 0 Å². The summed E-state index contributed by atoms with van der Waals surface area (Å²) in [7, 11) is 3.15. The van der Waals surface area contributed by atoms with Gasteiger partial charge in [0, 0.05) is 145 Å². The summed E-state index contributed by atoms with van der Waals surface area (Å²) in [6, 6.07) is 26.1. The highest BCUT2D eigenvalue weighted by molar-refractivity contribution is 6.36. The minimum Gasteiger partial charge on any atom is -0.481 e. The molecule has 2 aliphatic heterocycles. The van der Waals surface area contributed by atoms with Gasteiger partial charge in [-0.1, -0.05) is 23.7 Å². The molecule has 21 heteroatoms. The highest BCUT2D eigenvalue weighted by atomic mass is 35.5. The zero-order chi connectivity index (χ0) is 56.6. The number of nitrogens with one attached hydrogen (secondary N) is 1. The fourth-order valence-electron chi connectivity index (χ4n) is 9.29. The molecule has 2 saturated heterocycles. The number of fused-ring (bicyclic) bond motifs is 2. The van der Waals surface area contributed by atoms with Gasteiger partial charge in [-0.25, -0.2) is 47.5 Å². The Labute approximate surface area is 468 Å². The Hall–Kier alpha value is -9.11. The summed E-state index contributed by atoms with van der Waals surface area (Å²) < 4.78 is 78.1. The molecule has 2 aliphatic rings.